The topological polar surface area (TPSA) is 26.3 Å². The van der Waals surface area contributed by atoms with E-state index in [2.05, 4.69) is 11.7 Å². The van der Waals surface area contributed by atoms with Gasteiger partial charge in [0.25, 0.3) is 0 Å². The smallest absolute Gasteiger partial charge is 0.305 e. The molecule has 0 saturated heterocycles. The van der Waals surface area contributed by atoms with Crippen molar-refractivity contribution in [2.45, 2.75) is 107 Å². The van der Waals surface area contributed by atoms with E-state index >= 15 is 0 Å². The van der Waals surface area contributed by atoms with Crippen LogP contribution in [0.15, 0.2) is 0 Å². The summed E-state index contributed by atoms with van der Waals surface area (Å²) in [5.74, 6) is 0.0585. The fourth-order valence-electron chi connectivity index (χ4n) is 3.11. The number of halogens is 3. The third-order valence-electron chi connectivity index (χ3n) is 4.78. The number of carbonyl (C=O) groups excluding carboxylic acids is 1. The van der Waals surface area contributed by atoms with Gasteiger partial charge in [0.05, 0.1) is 7.11 Å². The van der Waals surface area contributed by atoms with Crippen LogP contribution in [0.5, 0.6) is 0 Å². The van der Waals surface area contributed by atoms with Crippen molar-refractivity contribution in [1.82, 2.24) is 0 Å². The van der Waals surface area contributed by atoms with Crippen molar-refractivity contribution in [3.05, 3.63) is 0 Å². The van der Waals surface area contributed by atoms with Crippen molar-refractivity contribution in [2.75, 3.05) is 7.11 Å². The molecule has 0 heterocycles. The number of carbonyl (C=O) groups is 1. The minimum Gasteiger partial charge on any atom is -0.469 e. The van der Waals surface area contributed by atoms with Crippen molar-refractivity contribution in [1.29, 1.82) is 0 Å². The first-order chi connectivity index (χ1) is 11.9. The molecule has 0 aliphatic heterocycles. The lowest BCUT2D eigenvalue weighted by Gasteiger charge is -2.24. The molecule has 5 heteroatoms. The number of ether oxygens (including phenoxy) is 1. The molecule has 0 spiro atoms. The maximum atomic E-state index is 11.0. The summed E-state index contributed by atoms with van der Waals surface area (Å²) in [6.07, 6.45) is 16.8. The molecule has 0 aromatic rings. The Bertz CT molecular complexity index is 317. The number of hydrogen-bond acceptors (Lipinski definition) is 2. The maximum Gasteiger partial charge on any atom is 0.305 e. The number of rotatable bonds is 16. The van der Waals surface area contributed by atoms with Gasteiger partial charge in [0.2, 0.25) is 0 Å². The van der Waals surface area contributed by atoms with E-state index in [0.29, 0.717) is 6.42 Å². The lowest BCUT2D eigenvalue weighted by molar-refractivity contribution is -0.140. The van der Waals surface area contributed by atoms with Crippen LogP contribution in [0.4, 0.5) is 0 Å². The van der Waals surface area contributed by atoms with E-state index in [-0.39, 0.29) is 11.9 Å². The molecule has 1 atom stereocenters. The third-order valence-corrected chi connectivity index (χ3v) is 5.71. The second-order valence-corrected chi connectivity index (χ2v) is 9.40. The highest BCUT2D eigenvalue weighted by Crippen LogP contribution is 2.41. The predicted molar refractivity (Wildman–Crippen MR) is 111 cm³/mol. The maximum absolute atomic E-state index is 11.0. The molecule has 0 rings (SSSR count). The quantitative estimate of drug-likeness (QED) is 0.145. The Hall–Kier alpha value is 0.340. The number of unbranched alkanes of at least 4 members (excludes halogenated alkanes) is 10. The fourth-order valence-corrected chi connectivity index (χ4v) is 3.77. The highest BCUT2D eigenvalue weighted by molar-refractivity contribution is 6.67. The molecule has 0 bridgehead atoms. The van der Waals surface area contributed by atoms with Gasteiger partial charge in [-0.25, -0.2) is 0 Å². The summed E-state index contributed by atoms with van der Waals surface area (Å²) in [7, 11) is 1.44. The first kappa shape index (κ1) is 25.3. The summed E-state index contributed by atoms with van der Waals surface area (Å²) < 4.78 is 3.50. The number of hydrogen-bond donors (Lipinski definition) is 0. The van der Waals surface area contributed by atoms with Crippen molar-refractivity contribution < 1.29 is 9.53 Å². The van der Waals surface area contributed by atoms with Gasteiger partial charge in [-0.1, -0.05) is 112 Å². The van der Waals surface area contributed by atoms with E-state index in [4.69, 9.17) is 34.8 Å². The Balaban J connectivity index is 3.71. The zero-order valence-electron chi connectivity index (χ0n) is 16.1. The standard InChI is InChI=1S/C20H37Cl3O2/c1-3-4-5-6-9-12-15-18(20(21,22)23)16-13-10-7-8-11-14-17-19(24)25-2/h18H,3-17H2,1-2H3. The molecule has 0 aromatic carbocycles. The van der Waals surface area contributed by atoms with Crippen molar-refractivity contribution in [3.8, 4) is 0 Å². The summed E-state index contributed by atoms with van der Waals surface area (Å²) in [6.45, 7) is 2.23. The van der Waals surface area contributed by atoms with Crippen LogP contribution in [0, 0.1) is 5.92 Å². The Morgan fingerprint density at radius 2 is 1.24 bits per heavy atom. The average Bonchev–Trinajstić information content (AvgIpc) is 2.56. The van der Waals surface area contributed by atoms with Crippen LogP contribution >= 0.6 is 34.8 Å². The molecule has 150 valence electrons. The van der Waals surface area contributed by atoms with Crippen molar-refractivity contribution >= 4 is 40.8 Å². The zero-order chi connectivity index (χ0) is 19.0. The second kappa shape index (κ2) is 16.5. The third kappa shape index (κ3) is 16.3. The van der Waals surface area contributed by atoms with E-state index in [9.17, 15) is 4.79 Å². The van der Waals surface area contributed by atoms with E-state index in [0.717, 1.165) is 44.9 Å². The van der Waals surface area contributed by atoms with Gasteiger partial charge in [-0.05, 0) is 19.3 Å². The lowest BCUT2D eigenvalue weighted by Crippen LogP contribution is -2.19. The van der Waals surface area contributed by atoms with Gasteiger partial charge < -0.3 is 4.74 Å². The van der Waals surface area contributed by atoms with Gasteiger partial charge in [-0.3, -0.25) is 4.79 Å². The van der Waals surface area contributed by atoms with Crippen LogP contribution in [-0.2, 0) is 9.53 Å². The van der Waals surface area contributed by atoms with Gasteiger partial charge >= 0.3 is 5.97 Å². The van der Waals surface area contributed by atoms with Gasteiger partial charge in [0.15, 0.2) is 3.79 Å². The molecule has 0 saturated carbocycles. The molecule has 2 nitrogen and oxygen atoms in total. The first-order valence-electron chi connectivity index (χ1n) is 10.0. The Labute approximate surface area is 170 Å². The molecular weight excluding hydrogens is 379 g/mol. The SMILES string of the molecule is CCCCCCCCC(CCCCCCCCC(=O)OC)C(Cl)(Cl)Cl. The fraction of sp³-hybridized carbons (Fsp3) is 0.950. The number of alkyl halides is 3. The summed E-state index contributed by atoms with van der Waals surface area (Å²) in [6, 6.07) is 0. The minimum absolute atomic E-state index is 0.111. The highest BCUT2D eigenvalue weighted by atomic mass is 35.6. The number of methoxy groups -OCH3 is 1. The molecule has 0 aliphatic rings. The molecule has 0 aliphatic carbocycles. The van der Waals surface area contributed by atoms with Crippen LogP contribution in [0.1, 0.15) is 103 Å². The van der Waals surface area contributed by atoms with Gasteiger partial charge in [0, 0.05) is 12.3 Å². The molecule has 1 unspecified atom stereocenters. The summed E-state index contributed by atoms with van der Waals surface area (Å²) >= 11 is 18.5. The van der Waals surface area contributed by atoms with Crippen LogP contribution in [0.2, 0.25) is 0 Å². The zero-order valence-corrected chi connectivity index (χ0v) is 18.4. The van der Waals surface area contributed by atoms with Crippen molar-refractivity contribution in [3.63, 3.8) is 0 Å². The predicted octanol–water partition coefficient (Wildman–Crippen LogP) is 8.02. The van der Waals surface area contributed by atoms with E-state index in [1.807, 2.05) is 0 Å². The van der Waals surface area contributed by atoms with Crippen molar-refractivity contribution in [2.24, 2.45) is 5.92 Å². The normalized spacial score (nSPS) is 13.0. The highest BCUT2D eigenvalue weighted by Gasteiger charge is 2.31. The van der Waals surface area contributed by atoms with Crippen LogP contribution in [0.3, 0.4) is 0 Å². The summed E-state index contributed by atoms with van der Waals surface area (Å²) in [5, 5.41) is 0. The molecular formula is C20H37Cl3O2. The van der Waals surface area contributed by atoms with E-state index < -0.39 is 3.79 Å². The molecule has 0 fully saturated rings. The molecule has 0 amide bonds. The summed E-state index contributed by atoms with van der Waals surface area (Å²) in [4.78, 5) is 11.0. The van der Waals surface area contributed by atoms with Gasteiger partial charge in [-0.2, -0.15) is 0 Å². The first-order valence-corrected chi connectivity index (χ1v) is 11.2. The van der Waals surface area contributed by atoms with E-state index in [1.165, 1.54) is 52.1 Å². The van der Waals surface area contributed by atoms with Gasteiger partial charge in [-0.15, -0.1) is 0 Å². The van der Waals surface area contributed by atoms with E-state index in [1.54, 1.807) is 0 Å². The van der Waals surface area contributed by atoms with Crippen LogP contribution < -0.4 is 0 Å². The Morgan fingerprint density at radius 1 is 0.800 bits per heavy atom. The largest absolute Gasteiger partial charge is 0.469 e. The van der Waals surface area contributed by atoms with Crippen LogP contribution in [0.25, 0.3) is 0 Å². The number of esters is 1. The molecule has 25 heavy (non-hydrogen) atoms. The second-order valence-electron chi connectivity index (χ2n) is 7.03. The average molecular weight is 416 g/mol. The molecule has 0 aromatic heterocycles. The molecule has 0 N–H and O–H groups in total. The molecule has 0 radical (unpaired) electrons. The summed E-state index contributed by atoms with van der Waals surface area (Å²) in [5.41, 5.74) is 0. The van der Waals surface area contributed by atoms with Crippen LogP contribution in [-0.4, -0.2) is 16.9 Å². The Kier molecular flexibility index (Phi) is 16.7. The van der Waals surface area contributed by atoms with Gasteiger partial charge in [0.1, 0.15) is 0 Å². The Morgan fingerprint density at radius 3 is 1.68 bits per heavy atom. The lowest BCUT2D eigenvalue weighted by atomic mass is 9.95. The monoisotopic (exact) mass is 414 g/mol. The minimum atomic E-state index is -1.13.